The molecule has 0 unspecified atom stereocenters. The van der Waals surface area contributed by atoms with Crippen LogP contribution < -0.4 is 0 Å². The Morgan fingerprint density at radius 2 is 1.83 bits per heavy atom. The molecule has 0 amide bonds. The first-order chi connectivity index (χ1) is 11.1. The number of aryl methyl sites for hydroxylation is 1. The van der Waals surface area contributed by atoms with Gasteiger partial charge in [0.1, 0.15) is 0 Å². The number of hydrogen-bond donors (Lipinski definition) is 0. The third kappa shape index (κ3) is 3.02. The van der Waals surface area contributed by atoms with E-state index in [1.807, 2.05) is 48.1 Å². The van der Waals surface area contributed by atoms with E-state index in [9.17, 15) is 0 Å². The van der Waals surface area contributed by atoms with Gasteiger partial charge in [-0.15, -0.1) is 0 Å². The van der Waals surface area contributed by atoms with E-state index in [0.29, 0.717) is 11.5 Å². The van der Waals surface area contributed by atoms with Crippen molar-refractivity contribution >= 4 is 0 Å². The van der Waals surface area contributed by atoms with Crippen LogP contribution in [0.3, 0.4) is 0 Å². The molecule has 0 N–H and O–H groups in total. The molecule has 0 aliphatic rings. The van der Waals surface area contributed by atoms with Crippen LogP contribution in [0.1, 0.15) is 36.6 Å². The summed E-state index contributed by atoms with van der Waals surface area (Å²) in [6, 6.07) is 18.3. The molecule has 0 bridgehead atoms. The molecular weight excluding hydrogens is 282 g/mol. The summed E-state index contributed by atoms with van der Waals surface area (Å²) in [5, 5.41) is 13.7. The van der Waals surface area contributed by atoms with E-state index in [2.05, 4.69) is 43.2 Å². The molecule has 0 aliphatic heterocycles. The highest BCUT2D eigenvalue weighted by Crippen LogP contribution is 2.29. The van der Waals surface area contributed by atoms with E-state index in [1.54, 1.807) is 0 Å². The zero-order valence-electron chi connectivity index (χ0n) is 13.6. The Hall–Kier alpha value is -2.86. The molecule has 23 heavy (non-hydrogen) atoms. The van der Waals surface area contributed by atoms with Crippen molar-refractivity contribution in [2.45, 2.75) is 26.7 Å². The molecule has 0 aliphatic carbocycles. The molecule has 0 saturated heterocycles. The van der Waals surface area contributed by atoms with Gasteiger partial charge in [-0.1, -0.05) is 38.1 Å². The first-order valence-corrected chi connectivity index (χ1v) is 7.75. The van der Waals surface area contributed by atoms with Crippen molar-refractivity contribution in [3.63, 3.8) is 0 Å². The highest BCUT2D eigenvalue weighted by Gasteiger charge is 2.11. The summed E-state index contributed by atoms with van der Waals surface area (Å²) in [6.07, 6.45) is 1.99. The smallest absolute Gasteiger partial charge is 0.0991 e. The van der Waals surface area contributed by atoms with Gasteiger partial charge < -0.3 is 0 Å². The normalized spacial score (nSPS) is 10.7. The molecular formula is C20H19N3. The standard InChI is InChI=1S/C20H19N3/c1-14(2)19-8-7-18(17-6-4-5-16(11-17)13-21)12-20(19)23-10-9-15(3)22-23/h4-12,14H,1-3H3. The molecule has 3 nitrogen and oxygen atoms in total. The number of nitriles is 1. The van der Waals surface area contributed by atoms with Gasteiger partial charge in [0.05, 0.1) is 23.0 Å². The third-order valence-electron chi connectivity index (χ3n) is 3.95. The molecule has 0 saturated carbocycles. The summed E-state index contributed by atoms with van der Waals surface area (Å²) < 4.78 is 1.93. The largest absolute Gasteiger partial charge is 0.240 e. The maximum absolute atomic E-state index is 9.10. The predicted octanol–water partition coefficient (Wildman–Crippen LogP) is 4.84. The zero-order chi connectivity index (χ0) is 16.4. The van der Waals surface area contributed by atoms with Crippen LogP contribution in [0.15, 0.2) is 54.7 Å². The highest BCUT2D eigenvalue weighted by atomic mass is 15.3. The van der Waals surface area contributed by atoms with Crippen LogP contribution in [0.25, 0.3) is 16.8 Å². The minimum Gasteiger partial charge on any atom is -0.240 e. The Labute approximate surface area is 136 Å². The van der Waals surface area contributed by atoms with Gasteiger partial charge in [0, 0.05) is 6.20 Å². The van der Waals surface area contributed by atoms with E-state index in [4.69, 9.17) is 5.26 Å². The number of hydrogen-bond acceptors (Lipinski definition) is 2. The lowest BCUT2D eigenvalue weighted by molar-refractivity contribution is 0.802. The summed E-state index contributed by atoms with van der Waals surface area (Å²) in [5.41, 5.74) is 6.16. The van der Waals surface area contributed by atoms with Crippen molar-refractivity contribution in [3.8, 4) is 22.9 Å². The van der Waals surface area contributed by atoms with Gasteiger partial charge in [-0.2, -0.15) is 10.4 Å². The minimum absolute atomic E-state index is 0.411. The van der Waals surface area contributed by atoms with Crippen LogP contribution in [0.4, 0.5) is 0 Å². The quantitative estimate of drug-likeness (QED) is 0.694. The van der Waals surface area contributed by atoms with Crippen molar-refractivity contribution in [2.24, 2.45) is 0 Å². The summed E-state index contributed by atoms with van der Waals surface area (Å²) in [4.78, 5) is 0. The van der Waals surface area contributed by atoms with E-state index < -0.39 is 0 Å². The molecule has 3 heteroatoms. The van der Waals surface area contributed by atoms with Crippen LogP contribution in [-0.2, 0) is 0 Å². The van der Waals surface area contributed by atoms with Gasteiger partial charge in [-0.3, -0.25) is 0 Å². The monoisotopic (exact) mass is 301 g/mol. The predicted molar refractivity (Wildman–Crippen MR) is 92.5 cm³/mol. The van der Waals surface area contributed by atoms with Crippen LogP contribution >= 0.6 is 0 Å². The summed E-state index contributed by atoms with van der Waals surface area (Å²) in [5.74, 6) is 0.411. The molecule has 2 aromatic carbocycles. The lowest BCUT2D eigenvalue weighted by atomic mass is 9.96. The van der Waals surface area contributed by atoms with Crippen molar-refractivity contribution in [1.29, 1.82) is 5.26 Å². The van der Waals surface area contributed by atoms with Crippen molar-refractivity contribution in [2.75, 3.05) is 0 Å². The van der Waals surface area contributed by atoms with Gasteiger partial charge in [0.25, 0.3) is 0 Å². The third-order valence-corrected chi connectivity index (χ3v) is 3.95. The average molecular weight is 301 g/mol. The molecule has 3 aromatic rings. The Balaban J connectivity index is 2.15. The van der Waals surface area contributed by atoms with Gasteiger partial charge in [-0.25, -0.2) is 4.68 Å². The van der Waals surface area contributed by atoms with E-state index in [1.165, 1.54) is 5.56 Å². The van der Waals surface area contributed by atoms with Crippen LogP contribution in [0.2, 0.25) is 0 Å². The summed E-state index contributed by atoms with van der Waals surface area (Å²) in [6.45, 7) is 6.36. The number of aromatic nitrogens is 2. The van der Waals surface area contributed by atoms with Gasteiger partial charge >= 0.3 is 0 Å². The SMILES string of the molecule is Cc1ccn(-c2cc(-c3cccc(C#N)c3)ccc2C(C)C)n1. The van der Waals surface area contributed by atoms with Crippen molar-refractivity contribution < 1.29 is 0 Å². The number of rotatable bonds is 3. The van der Waals surface area contributed by atoms with Crippen LogP contribution in [-0.4, -0.2) is 9.78 Å². The Kier molecular flexibility index (Phi) is 3.99. The first-order valence-electron chi connectivity index (χ1n) is 7.75. The van der Waals surface area contributed by atoms with E-state index >= 15 is 0 Å². The molecule has 0 fully saturated rings. The second-order valence-corrected chi connectivity index (χ2v) is 6.02. The molecule has 1 aromatic heterocycles. The molecule has 0 spiro atoms. The minimum atomic E-state index is 0.411. The molecule has 3 rings (SSSR count). The van der Waals surface area contributed by atoms with Crippen LogP contribution in [0, 0.1) is 18.3 Å². The Morgan fingerprint density at radius 1 is 1.04 bits per heavy atom. The molecule has 1 heterocycles. The Morgan fingerprint density at radius 3 is 2.48 bits per heavy atom. The topological polar surface area (TPSA) is 41.6 Å². The zero-order valence-corrected chi connectivity index (χ0v) is 13.6. The number of benzene rings is 2. The van der Waals surface area contributed by atoms with E-state index in [-0.39, 0.29) is 0 Å². The maximum atomic E-state index is 9.10. The van der Waals surface area contributed by atoms with Gasteiger partial charge in [0.2, 0.25) is 0 Å². The highest BCUT2D eigenvalue weighted by molar-refractivity contribution is 5.68. The van der Waals surface area contributed by atoms with Crippen LogP contribution in [0.5, 0.6) is 0 Å². The summed E-state index contributed by atoms with van der Waals surface area (Å²) in [7, 11) is 0. The lowest BCUT2D eigenvalue weighted by Gasteiger charge is -2.15. The summed E-state index contributed by atoms with van der Waals surface area (Å²) >= 11 is 0. The fourth-order valence-corrected chi connectivity index (χ4v) is 2.73. The van der Waals surface area contributed by atoms with Crippen molar-refractivity contribution in [1.82, 2.24) is 9.78 Å². The molecule has 114 valence electrons. The van der Waals surface area contributed by atoms with Crippen molar-refractivity contribution in [3.05, 3.63) is 71.5 Å². The maximum Gasteiger partial charge on any atom is 0.0991 e. The van der Waals surface area contributed by atoms with Gasteiger partial charge in [-0.05, 0) is 53.8 Å². The van der Waals surface area contributed by atoms with E-state index in [0.717, 1.165) is 22.5 Å². The molecule has 0 radical (unpaired) electrons. The first kappa shape index (κ1) is 15.1. The fraction of sp³-hybridized carbons (Fsp3) is 0.200. The lowest BCUT2D eigenvalue weighted by Crippen LogP contribution is -2.02. The average Bonchev–Trinajstić information content (AvgIpc) is 3.00. The van der Waals surface area contributed by atoms with Gasteiger partial charge in [0.15, 0.2) is 0 Å². The second kappa shape index (κ2) is 6.10. The Bertz CT molecular complexity index is 882. The molecule has 0 atom stereocenters. The second-order valence-electron chi connectivity index (χ2n) is 6.02. The number of nitrogens with zero attached hydrogens (tertiary/aromatic N) is 3. The fourth-order valence-electron chi connectivity index (χ4n) is 2.73.